The number of ether oxygens (including phenoxy) is 1. The first-order chi connectivity index (χ1) is 17.3. The van der Waals surface area contributed by atoms with Crippen LogP contribution in [0.25, 0.3) is 10.9 Å². The minimum atomic E-state index is -0.320. The van der Waals surface area contributed by atoms with Gasteiger partial charge in [0.15, 0.2) is 0 Å². The number of nitrogens with zero attached hydrogens (tertiary/aromatic N) is 1. The molecule has 190 valence electrons. The third-order valence-corrected chi connectivity index (χ3v) is 6.51. The van der Waals surface area contributed by atoms with Crippen LogP contribution in [-0.4, -0.2) is 59.9 Å². The van der Waals surface area contributed by atoms with E-state index in [1.807, 2.05) is 38.1 Å². The minimum Gasteiger partial charge on any atom is -0.491 e. The monoisotopic (exact) mass is 510 g/mol. The molecule has 8 nitrogen and oxygen atoms in total. The number of para-hydroxylation sites is 1. The zero-order chi connectivity index (χ0) is 25.7. The highest BCUT2D eigenvalue weighted by atomic mass is 35.5. The van der Waals surface area contributed by atoms with Crippen LogP contribution in [0.4, 0.5) is 0 Å². The molecule has 0 unspecified atom stereocenters. The summed E-state index contributed by atoms with van der Waals surface area (Å²) in [7, 11) is 0. The number of hydrogen-bond donors (Lipinski definition) is 3. The molecule has 9 heteroatoms. The Morgan fingerprint density at radius 2 is 1.92 bits per heavy atom. The van der Waals surface area contributed by atoms with Crippen molar-refractivity contribution in [2.75, 3.05) is 26.2 Å². The number of aromatic amines is 1. The van der Waals surface area contributed by atoms with Crippen molar-refractivity contribution in [3.8, 4) is 5.75 Å². The molecule has 36 heavy (non-hydrogen) atoms. The summed E-state index contributed by atoms with van der Waals surface area (Å²) in [5.41, 5.74) is 1.65. The Morgan fingerprint density at radius 1 is 1.11 bits per heavy atom. The van der Waals surface area contributed by atoms with Gasteiger partial charge in [0, 0.05) is 29.0 Å². The Labute approximate surface area is 215 Å². The number of aromatic nitrogens is 1. The van der Waals surface area contributed by atoms with Gasteiger partial charge < -0.3 is 25.3 Å². The fourth-order valence-corrected chi connectivity index (χ4v) is 4.32. The van der Waals surface area contributed by atoms with Crippen molar-refractivity contribution in [2.24, 2.45) is 5.92 Å². The normalized spacial score (nSPS) is 18.0. The number of nitrogens with one attached hydrogen (secondary N) is 3. The molecule has 3 amide bonds. The number of hydrogen-bond acceptors (Lipinski definition) is 4. The maximum atomic E-state index is 13.4. The fraction of sp³-hybridized carbons (Fsp3) is 0.370. The molecular formula is C27H31ClN4O4. The SMILES string of the molecule is CC(C)[C@H]1COc2ccc(Cl)cc2C(=O)NCCCCN(C(=O)c2cc3ccccc3[nH]2)CC(=O)N1. The van der Waals surface area contributed by atoms with Crippen molar-refractivity contribution in [3.05, 3.63) is 64.8 Å². The van der Waals surface area contributed by atoms with E-state index in [2.05, 4.69) is 15.6 Å². The second-order valence-electron chi connectivity index (χ2n) is 9.33. The third kappa shape index (κ3) is 6.18. The molecule has 2 aromatic carbocycles. The molecule has 1 aromatic heterocycles. The smallest absolute Gasteiger partial charge is 0.270 e. The highest BCUT2D eigenvalue weighted by Gasteiger charge is 2.24. The van der Waals surface area contributed by atoms with Crippen molar-refractivity contribution in [1.82, 2.24) is 20.5 Å². The Balaban J connectivity index is 1.55. The number of halogens is 1. The molecule has 1 aliphatic rings. The van der Waals surface area contributed by atoms with Gasteiger partial charge in [0.1, 0.15) is 18.1 Å². The summed E-state index contributed by atoms with van der Waals surface area (Å²) in [4.78, 5) is 43.9. The molecule has 0 bridgehead atoms. The van der Waals surface area contributed by atoms with Gasteiger partial charge in [0.05, 0.1) is 18.2 Å². The van der Waals surface area contributed by atoms with Crippen LogP contribution in [-0.2, 0) is 4.79 Å². The molecule has 0 aliphatic carbocycles. The summed E-state index contributed by atoms with van der Waals surface area (Å²) >= 11 is 6.12. The minimum absolute atomic E-state index is 0.0621. The van der Waals surface area contributed by atoms with Crippen LogP contribution in [0.2, 0.25) is 5.02 Å². The predicted molar refractivity (Wildman–Crippen MR) is 139 cm³/mol. The molecule has 2 heterocycles. The Kier molecular flexibility index (Phi) is 8.15. The van der Waals surface area contributed by atoms with Gasteiger partial charge >= 0.3 is 0 Å². The van der Waals surface area contributed by atoms with Crippen molar-refractivity contribution in [1.29, 1.82) is 0 Å². The van der Waals surface area contributed by atoms with Gasteiger partial charge in [-0.1, -0.05) is 43.6 Å². The van der Waals surface area contributed by atoms with Crippen molar-refractivity contribution in [2.45, 2.75) is 32.7 Å². The van der Waals surface area contributed by atoms with Gasteiger partial charge in [-0.15, -0.1) is 0 Å². The number of carbonyl (C=O) groups is 3. The molecular weight excluding hydrogens is 480 g/mol. The third-order valence-electron chi connectivity index (χ3n) is 6.28. The zero-order valence-electron chi connectivity index (χ0n) is 20.5. The van der Waals surface area contributed by atoms with Crippen LogP contribution in [0, 0.1) is 5.92 Å². The first-order valence-electron chi connectivity index (χ1n) is 12.2. The van der Waals surface area contributed by atoms with E-state index in [1.54, 1.807) is 29.2 Å². The first kappa shape index (κ1) is 25.6. The maximum absolute atomic E-state index is 13.4. The van der Waals surface area contributed by atoms with Gasteiger partial charge in [0.2, 0.25) is 5.91 Å². The lowest BCUT2D eigenvalue weighted by atomic mass is 10.1. The van der Waals surface area contributed by atoms with Crippen molar-refractivity contribution in [3.63, 3.8) is 0 Å². The highest BCUT2D eigenvalue weighted by Crippen LogP contribution is 2.24. The molecule has 0 fully saturated rings. The van der Waals surface area contributed by atoms with Crippen LogP contribution in [0.3, 0.4) is 0 Å². The van der Waals surface area contributed by atoms with E-state index in [9.17, 15) is 14.4 Å². The van der Waals surface area contributed by atoms with E-state index >= 15 is 0 Å². The molecule has 3 N–H and O–H groups in total. The van der Waals surface area contributed by atoms with Crippen LogP contribution >= 0.6 is 11.6 Å². The van der Waals surface area contributed by atoms with E-state index in [1.165, 1.54) is 0 Å². The molecule has 1 atom stereocenters. The van der Waals surface area contributed by atoms with E-state index in [4.69, 9.17) is 16.3 Å². The summed E-state index contributed by atoms with van der Waals surface area (Å²) in [5.74, 6) is -0.316. The quantitative estimate of drug-likeness (QED) is 0.484. The topological polar surface area (TPSA) is 104 Å². The number of carbonyl (C=O) groups excluding carboxylic acids is 3. The maximum Gasteiger partial charge on any atom is 0.270 e. The Morgan fingerprint density at radius 3 is 2.69 bits per heavy atom. The summed E-state index contributed by atoms with van der Waals surface area (Å²) in [5, 5.41) is 7.28. The van der Waals surface area contributed by atoms with Gasteiger partial charge in [0.25, 0.3) is 11.8 Å². The second-order valence-corrected chi connectivity index (χ2v) is 9.77. The van der Waals surface area contributed by atoms with Crippen LogP contribution in [0.5, 0.6) is 5.75 Å². The zero-order valence-corrected chi connectivity index (χ0v) is 21.2. The molecule has 0 radical (unpaired) electrons. The molecule has 4 rings (SSSR count). The largest absolute Gasteiger partial charge is 0.491 e. The van der Waals surface area contributed by atoms with Gasteiger partial charge in [-0.25, -0.2) is 0 Å². The molecule has 0 saturated heterocycles. The number of fused-ring (bicyclic) bond motifs is 2. The molecule has 0 spiro atoms. The average Bonchev–Trinajstić information content (AvgIpc) is 3.29. The number of benzene rings is 2. The van der Waals surface area contributed by atoms with Crippen LogP contribution < -0.4 is 15.4 Å². The molecule has 3 aromatic rings. The summed E-state index contributed by atoms with van der Waals surface area (Å²) < 4.78 is 5.97. The molecule has 1 aliphatic heterocycles. The summed E-state index contributed by atoms with van der Waals surface area (Å²) in [6.07, 6.45) is 1.25. The summed E-state index contributed by atoms with van der Waals surface area (Å²) in [6, 6.07) is 14.0. The van der Waals surface area contributed by atoms with Crippen LogP contribution in [0.1, 0.15) is 47.5 Å². The van der Waals surface area contributed by atoms with Crippen molar-refractivity contribution < 1.29 is 19.1 Å². The lowest BCUT2D eigenvalue weighted by molar-refractivity contribution is -0.123. The van der Waals surface area contributed by atoms with Gasteiger partial charge in [-0.2, -0.15) is 0 Å². The lowest BCUT2D eigenvalue weighted by Gasteiger charge is -2.26. The van der Waals surface area contributed by atoms with E-state index in [0.29, 0.717) is 48.0 Å². The van der Waals surface area contributed by atoms with E-state index in [-0.39, 0.29) is 42.8 Å². The Hall–Kier alpha value is -3.52. The predicted octanol–water partition coefficient (Wildman–Crippen LogP) is 4.01. The van der Waals surface area contributed by atoms with Gasteiger partial charge in [-0.05, 0) is 49.1 Å². The lowest BCUT2D eigenvalue weighted by Crippen LogP contribution is -2.48. The first-order valence-corrected chi connectivity index (χ1v) is 12.6. The van der Waals surface area contributed by atoms with Crippen molar-refractivity contribution >= 4 is 40.2 Å². The number of rotatable bonds is 2. The van der Waals surface area contributed by atoms with Gasteiger partial charge in [-0.3, -0.25) is 14.4 Å². The highest BCUT2D eigenvalue weighted by molar-refractivity contribution is 6.31. The molecule has 0 saturated carbocycles. The number of H-pyrrole nitrogens is 1. The average molecular weight is 511 g/mol. The second kappa shape index (κ2) is 11.5. The fourth-order valence-electron chi connectivity index (χ4n) is 4.15. The van der Waals surface area contributed by atoms with E-state index < -0.39 is 0 Å². The number of amides is 3. The summed E-state index contributed by atoms with van der Waals surface area (Å²) in [6.45, 7) is 4.84. The van der Waals surface area contributed by atoms with Crippen LogP contribution in [0.15, 0.2) is 48.5 Å². The Bertz CT molecular complexity index is 1220. The standard InChI is InChI=1S/C27H31ClN4O4/c1-17(2)23-16-36-24-10-9-19(28)14-20(24)26(34)29-11-5-6-12-32(15-25(33)31-23)27(35)22-13-18-7-3-4-8-21(18)30-22/h3-4,7-10,13-14,17,23,30H,5-6,11-12,15-16H2,1-2H3,(H,29,34)(H,31,33)/t23-/m1/s1. The van der Waals surface area contributed by atoms with E-state index in [0.717, 1.165) is 10.9 Å².